The second-order valence-electron chi connectivity index (χ2n) is 4.71. The van der Waals surface area contributed by atoms with Gasteiger partial charge in [0.15, 0.2) is 12.0 Å². The van der Waals surface area contributed by atoms with Crippen molar-refractivity contribution in [2.75, 3.05) is 13.7 Å². The summed E-state index contributed by atoms with van der Waals surface area (Å²) < 4.78 is 12.4. The van der Waals surface area contributed by atoms with E-state index in [2.05, 4.69) is 10.3 Å². The van der Waals surface area contributed by atoms with Gasteiger partial charge in [-0.05, 0) is 19.1 Å². The van der Waals surface area contributed by atoms with Crippen molar-refractivity contribution in [3.05, 3.63) is 41.2 Å². The predicted molar refractivity (Wildman–Crippen MR) is 77.4 cm³/mol. The number of aldehydes is 1. The van der Waals surface area contributed by atoms with E-state index in [-0.39, 0.29) is 0 Å². The summed E-state index contributed by atoms with van der Waals surface area (Å²) in [5.74, 6) is 0.852. The summed E-state index contributed by atoms with van der Waals surface area (Å²) in [4.78, 5) is 10.9. The quantitative estimate of drug-likeness (QED) is 0.549. The molecule has 2 rings (SSSR count). The lowest BCUT2D eigenvalue weighted by atomic mass is 10.2. The molecule has 1 aromatic carbocycles. The van der Waals surface area contributed by atoms with Crippen molar-refractivity contribution in [1.82, 2.24) is 15.0 Å². The molecule has 0 aliphatic heterocycles. The van der Waals surface area contributed by atoms with Gasteiger partial charge in [-0.3, -0.25) is 4.79 Å². The number of ether oxygens (including phenoxy) is 2. The molecule has 0 aliphatic rings. The third kappa shape index (κ3) is 4.13. The van der Waals surface area contributed by atoms with Crippen LogP contribution in [0.3, 0.4) is 0 Å². The minimum Gasteiger partial charge on any atom is -0.494 e. The van der Waals surface area contributed by atoms with Gasteiger partial charge in [0.2, 0.25) is 0 Å². The van der Waals surface area contributed by atoms with E-state index in [1.165, 1.54) is 5.56 Å². The van der Waals surface area contributed by atoms with E-state index in [0.29, 0.717) is 37.4 Å². The van der Waals surface area contributed by atoms with Crippen molar-refractivity contribution in [2.45, 2.75) is 26.5 Å². The van der Waals surface area contributed by atoms with Gasteiger partial charge in [0, 0.05) is 20.1 Å². The highest BCUT2D eigenvalue weighted by molar-refractivity contribution is 5.73. The zero-order chi connectivity index (χ0) is 15.1. The monoisotopic (exact) mass is 289 g/mol. The van der Waals surface area contributed by atoms with Crippen molar-refractivity contribution >= 4 is 6.29 Å². The summed E-state index contributed by atoms with van der Waals surface area (Å²) in [7, 11) is 1.58. The van der Waals surface area contributed by atoms with Gasteiger partial charge < -0.3 is 9.47 Å². The van der Waals surface area contributed by atoms with E-state index in [9.17, 15) is 4.79 Å². The summed E-state index contributed by atoms with van der Waals surface area (Å²) >= 11 is 0. The lowest BCUT2D eigenvalue weighted by Gasteiger charge is -2.08. The molecule has 6 nitrogen and oxygen atoms in total. The molecule has 0 aliphatic carbocycles. The van der Waals surface area contributed by atoms with Gasteiger partial charge in [0.05, 0.1) is 18.9 Å². The van der Waals surface area contributed by atoms with Gasteiger partial charge in [-0.1, -0.05) is 22.9 Å². The Labute approximate surface area is 123 Å². The van der Waals surface area contributed by atoms with Crippen molar-refractivity contribution in [1.29, 1.82) is 0 Å². The molecule has 112 valence electrons. The van der Waals surface area contributed by atoms with Crippen molar-refractivity contribution in [3.63, 3.8) is 0 Å². The average molecular weight is 289 g/mol. The van der Waals surface area contributed by atoms with E-state index in [0.717, 1.165) is 12.2 Å². The standard InChI is InChI=1S/C15H19N3O3/c1-12-4-6-13(7-5-12)21-9-3-8-18-15(11-20-2)14(10-19)16-17-18/h4-7,10H,3,8-9,11H2,1-2H3. The number of hydrogen-bond acceptors (Lipinski definition) is 5. The Balaban J connectivity index is 1.84. The number of methoxy groups -OCH3 is 1. The molecule has 0 spiro atoms. The fourth-order valence-corrected chi connectivity index (χ4v) is 1.94. The molecule has 0 saturated carbocycles. The van der Waals surface area contributed by atoms with Crippen LogP contribution in [0.1, 0.15) is 28.2 Å². The van der Waals surface area contributed by atoms with E-state index >= 15 is 0 Å². The average Bonchev–Trinajstić information content (AvgIpc) is 2.88. The molecule has 0 amide bonds. The van der Waals surface area contributed by atoms with Crippen LogP contribution in [0.4, 0.5) is 0 Å². The minimum absolute atomic E-state index is 0.319. The maximum Gasteiger partial charge on any atom is 0.172 e. The number of carbonyl (C=O) groups excluding carboxylic acids is 1. The molecule has 6 heteroatoms. The molecule has 0 atom stereocenters. The first-order valence-electron chi connectivity index (χ1n) is 6.80. The first-order valence-corrected chi connectivity index (χ1v) is 6.80. The number of benzene rings is 1. The lowest BCUT2D eigenvalue weighted by molar-refractivity contribution is 0.111. The number of aryl methyl sites for hydroxylation is 2. The van der Waals surface area contributed by atoms with E-state index < -0.39 is 0 Å². The van der Waals surface area contributed by atoms with Crippen molar-refractivity contribution in [3.8, 4) is 5.75 Å². The SMILES string of the molecule is COCc1c(C=O)nnn1CCCOc1ccc(C)cc1. The van der Waals surface area contributed by atoms with E-state index in [4.69, 9.17) is 9.47 Å². The maximum atomic E-state index is 10.9. The van der Waals surface area contributed by atoms with Crippen LogP contribution < -0.4 is 4.74 Å². The van der Waals surface area contributed by atoms with Crippen LogP contribution in [0, 0.1) is 6.92 Å². The molecular weight excluding hydrogens is 270 g/mol. The first kappa shape index (κ1) is 15.2. The Morgan fingerprint density at radius 2 is 2.05 bits per heavy atom. The van der Waals surface area contributed by atoms with E-state index in [1.807, 2.05) is 31.2 Å². The minimum atomic E-state index is 0.319. The maximum absolute atomic E-state index is 10.9. The fraction of sp³-hybridized carbons (Fsp3) is 0.400. The highest BCUT2D eigenvalue weighted by atomic mass is 16.5. The van der Waals surface area contributed by atoms with Crippen LogP contribution in [0.2, 0.25) is 0 Å². The first-order chi connectivity index (χ1) is 10.2. The Morgan fingerprint density at radius 1 is 1.29 bits per heavy atom. The second-order valence-corrected chi connectivity index (χ2v) is 4.71. The Kier molecular flexibility index (Phi) is 5.45. The largest absolute Gasteiger partial charge is 0.494 e. The number of carbonyl (C=O) groups is 1. The van der Waals surface area contributed by atoms with Crippen LogP contribution in [-0.4, -0.2) is 35.0 Å². The molecule has 21 heavy (non-hydrogen) atoms. The molecule has 0 radical (unpaired) electrons. The van der Waals surface area contributed by atoms with Gasteiger partial charge in [0.1, 0.15) is 5.75 Å². The molecule has 0 fully saturated rings. The van der Waals surface area contributed by atoms with Crippen molar-refractivity contribution < 1.29 is 14.3 Å². The lowest BCUT2D eigenvalue weighted by Crippen LogP contribution is -2.10. The summed E-state index contributed by atoms with van der Waals surface area (Å²) in [5, 5.41) is 7.79. The van der Waals surface area contributed by atoms with Gasteiger partial charge in [-0.2, -0.15) is 0 Å². The summed E-state index contributed by atoms with van der Waals surface area (Å²) in [5.41, 5.74) is 2.23. The van der Waals surface area contributed by atoms with Gasteiger partial charge in [-0.15, -0.1) is 5.10 Å². The van der Waals surface area contributed by atoms with Gasteiger partial charge >= 0.3 is 0 Å². The molecule has 1 heterocycles. The van der Waals surface area contributed by atoms with Crippen LogP contribution in [0.25, 0.3) is 0 Å². The van der Waals surface area contributed by atoms with Crippen LogP contribution in [0.5, 0.6) is 5.75 Å². The van der Waals surface area contributed by atoms with Gasteiger partial charge in [0.25, 0.3) is 0 Å². The topological polar surface area (TPSA) is 66.2 Å². The molecule has 0 unspecified atom stereocenters. The second kappa shape index (κ2) is 7.54. The molecule has 2 aromatic rings. The Morgan fingerprint density at radius 3 is 2.71 bits per heavy atom. The third-order valence-corrected chi connectivity index (χ3v) is 3.06. The highest BCUT2D eigenvalue weighted by Gasteiger charge is 2.11. The summed E-state index contributed by atoms with van der Waals surface area (Å²) in [6.45, 7) is 3.56. The predicted octanol–water partition coefficient (Wildman–Crippen LogP) is 2.01. The van der Waals surface area contributed by atoms with Crippen LogP contribution >= 0.6 is 0 Å². The number of hydrogen-bond donors (Lipinski definition) is 0. The zero-order valence-electron chi connectivity index (χ0n) is 12.3. The molecule has 0 N–H and O–H groups in total. The molecular formula is C15H19N3O3. The molecule has 0 saturated heterocycles. The fourth-order valence-electron chi connectivity index (χ4n) is 1.94. The number of aromatic nitrogens is 3. The number of nitrogens with zero attached hydrogens (tertiary/aromatic N) is 3. The molecule has 0 bridgehead atoms. The molecule has 1 aromatic heterocycles. The zero-order valence-corrected chi connectivity index (χ0v) is 12.3. The smallest absolute Gasteiger partial charge is 0.172 e. The highest BCUT2D eigenvalue weighted by Crippen LogP contribution is 2.12. The van der Waals surface area contributed by atoms with Gasteiger partial charge in [-0.25, -0.2) is 4.68 Å². The van der Waals surface area contributed by atoms with Crippen LogP contribution in [-0.2, 0) is 17.9 Å². The number of rotatable bonds is 8. The van der Waals surface area contributed by atoms with E-state index in [1.54, 1.807) is 11.8 Å². The Bertz CT molecular complexity index is 578. The van der Waals surface area contributed by atoms with Crippen molar-refractivity contribution in [2.24, 2.45) is 0 Å². The Hall–Kier alpha value is -2.21. The van der Waals surface area contributed by atoms with Crippen LogP contribution in [0.15, 0.2) is 24.3 Å². The normalized spacial score (nSPS) is 10.6. The third-order valence-electron chi connectivity index (χ3n) is 3.06. The summed E-state index contributed by atoms with van der Waals surface area (Å²) in [6.07, 6.45) is 1.47. The summed E-state index contributed by atoms with van der Waals surface area (Å²) in [6, 6.07) is 7.93.